The Kier molecular flexibility index (Phi) is 8.81. The molecule has 1 amide bonds. The van der Waals surface area contributed by atoms with E-state index >= 15 is 0 Å². The third-order valence-corrected chi connectivity index (χ3v) is 6.13. The molecule has 0 aromatic heterocycles. The molecule has 7 nitrogen and oxygen atoms in total. The van der Waals surface area contributed by atoms with Crippen molar-refractivity contribution in [3.8, 4) is 5.75 Å². The number of hydrogen-bond donors (Lipinski definition) is 3. The van der Waals surface area contributed by atoms with Crippen LogP contribution in [0.1, 0.15) is 50.5 Å². The fourth-order valence-electron chi connectivity index (χ4n) is 4.47. The van der Waals surface area contributed by atoms with Gasteiger partial charge in [-0.25, -0.2) is 0 Å². The molecule has 1 aromatic rings. The second-order valence-electron chi connectivity index (χ2n) is 8.55. The van der Waals surface area contributed by atoms with E-state index in [1.807, 2.05) is 24.3 Å². The Balaban J connectivity index is 1.39. The van der Waals surface area contributed by atoms with Gasteiger partial charge in [-0.1, -0.05) is 31.4 Å². The van der Waals surface area contributed by atoms with Gasteiger partial charge in [0.15, 0.2) is 12.6 Å². The van der Waals surface area contributed by atoms with Gasteiger partial charge in [0.1, 0.15) is 5.75 Å². The summed E-state index contributed by atoms with van der Waals surface area (Å²) in [5, 5.41) is 6.95. The topological polar surface area (TPSA) is 92.0 Å². The number of amides is 1. The molecule has 0 unspecified atom stereocenters. The van der Waals surface area contributed by atoms with Gasteiger partial charge in [0, 0.05) is 39.3 Å². The summed E-state index contributed by atoms with van der Waals surface area (Å²) in [6.07, 6.45) is 9.43. The monoisotopic (exact) mass is 415 g/mol. The van der Waals surface area contributed by atoms with Gasteiger partial charge >= 0.3 is 0 Å². The Bertz CT molecular complexity index is 695. The number of rotatable bonds is 8. The molecule has 1 aliphatic heterocycles. The first kappa shape index (κ1) is 22.4. The molecule has 2 fully saturated rings. The van der Waals surface area contributed by atoms with Gasteiger partial charge in [-0.15, -0.1) is 0 Å². The molecule has 166 valence electrons. The fraction of sp³-hybridized carbons (Fsp3) is 0.652. The number of piperidine rings is 1. The summed E-state index contributed by atoms with van der Waals surface area (Å²) < 4.78 is 5.37. The number of carbonyl (C=O) groups excluding carboxylic acids is 1. The number of nitrogens with one attached hydrogen (secondary N) is 2. The van der Waals surface area contributed by atoms with E-state index < -0.39 is 5.91 Å². The highest BCUT2D eigenvalue weighted by Crippen LogP contribution is 2.25. The molecule has 0 atom stereocenters. The number of benzene rings is 1. The van der Waals surface area contributed by atoms with Gasteiger partial charge in [0.25, 0.3) is 5.91 Å². The van der Waals surface area contributed by atoms with Crippen molar-refractivity contribution < 1.29 is 9.53 Å². The van der Waals surface area contributed by atoms with Crippen LogP contribution in [0.3, 0.4) is 0 Å². The third kappa shape index (κ3) is 7.52. The molecule has 1 heterocycles. The summed E-state index contributed by atoms with van der Waals surface area (Å²) in [6.45, 7) is 4.15. The molecule has 30 heavy (non-hydrogen) atoms. The molecular weight excluding hydrogens is 378 g/mol. The molecule has 0 spiro atoms. The Morgan fingerprint density at radius 3 is 2.67 bits per heavy atom. The van der Waals surface area contributed by atoms with Crippen LogP contribution in [0, 0.1) is 5.92 Å². The van der Waals surface area contributed by atoms with Crippen molar-refractivity contribution in [3.05, 3.63) is 29.8 Å². The number of primary amides is 1. The third-order valence-electron chi connectivity index (χ3n) is 6.13. The van der Waals surface area contributed by atoms with Crippen molar-refractivity contribution in [1.29, 1.82) is 0 Å². The number of hydrogen-bond acceptors (Lipinski definition) is 4. The molecule has 7 heteroatoms. The minimum atomic E-state index is -0.479. The summed E-state index contributed by atoms with van der Waals surface area (Å²) in [5.41, 5.74) is 6.19. The van der Waals surface area contributed by atoms with E-state index in [4.69, 9.17) is 10.5 Å². The second kappa shape index (κ2) is 11.8. The quantitative estimate of drug-likeness (QED) is 0.447. The van der Waals surface area contributed by atoms with Crippen LogP contribution in [0.2, 0.25) is 0 Å². The zero-order chi connectivity index (χ0) is 21.2. The van der Waals surface area contributed by atoms with Gasteiger partial charge < -0.3 is 26.0 Å². The standard InChI is InChI=1S/C23H37N5O2/c1-25-23(26-15-19-8-5-9-21(14-19)30-17-22(24)29)27-20-10-12-28(13-11-20)16-18-6-3-2-4-7-18/h5,8-9,14,18,20H,2-4,6-7,10-13,15-17H2,1H3,(H2,24,29)(H2,25,26,27). The predicted octanol–water partition coefficient (Wildman–Crippen LogP) is 2.26. The van der Waals surface area contributed by atoms with Crippen LogP contribution in [0.4, 0.5) is 0 Å². The SMILES string of the molecule is CN=C(NCc1cccc(OCC(N)=O)c1)NC1CCN(CC2CCCCC2)CC1. The van der Waals surface area contributed by atoms with E-state index in [2.05, 4.69) is 20.5 Å². The van der Waals surface area contributed by atoms with Crippen LogP contribution in [0.5, 0.6) is 5.75 Å². The molecule has 0 radical (unpaired) electrons. The highest BCUT2D eigenvalue weighted by molar-refractivity contribution is 5.80. The Morgan fingerprint density at radius 1 is 1.20 bits per heavy atom. The minimum absolute atomic E-state index is 0.112. The van der Waals surface area contributed by atoms with Gasteiger partial charge in [0.2, 0.25) is 0 Å². The Morgan fingerprint density at radius 2 is 1.97 bits per heavy atom. The average Bonchev–Trinajstić information content (AvgIpc) is 2.77. The first-order chi connectivity index (χ1) is 14.6. The van der Waals surface area contributed by atoms with Gasteiger partial charge in [-0.2, -0.15) is 0 Å². The van der Waals surface area contributed by atoms with Crippen molar-refractivity contribution in [1.82, 2.24) is 15.5 Å². The molecule has 3 rings (SSSR count). The van der Waals surface area contributed by atoms with Crippen molar-refractivity contribution in [2.75, 3.05) is 33.3 Å². The number of carbonyl (C=O) groups is 1. The maximum Gasteiger partial charge on any atom is 0.255 e. The fourth-order valence-corrected chi connectivity index (χ4v) is 4.47. The zero-order valence-corrected chi connectivity index (χ0v) is 18.2. The van der Waals surface area contributed by atoms with Crippen molar-refractivity contribution in [3.63, 3.8) is 0 Å². The number of guanidine groups is 1. The lowest BCUT2D eigenvalue weighted by atomic mass is 9.88. The molecule has 1 saturated carbocycles. The van der Waals surface area contributed by atoms with E-state index in [0.29, 0.717) is 18.3 Å². The van der Waals surface area contributed by atoms with E-state index in [1.165, 1.54) is 51.7 Å². The summed E-state index contributed by atoms with van der Waals surface area (Å²) >= 11 is 0. The number of aliphatic imine (C=N–C) groups is 1. The number of nitrogens with zero attached hydrogens (tertiary/aromatic N) is 2. The number of nitrogens with two attached hydrogens (primary N) is 1. The molecule has 2 aliphatic rings. The number of likely N-dealkylation sites (tertiary alicyclic amines) is 1. The van der Waals surface area contributed by atoms with Crippen LogP contribution in [-0.4, -0.2) is 56.1 Å². The summed E-state index contributed by atoms with van der Waals surface area (Å²) in [5.74, 6) is 1.90. The van der Waals surface area contributed by atoms with Crippen molar-refractivity contribution in [2.45, 2.75) is 57.5 Å². The molecule has 1 aromatic carbocycles. The largest absolute Gasteiger partial charge is 0.484 e. The predicted molar refractivity (Wildman–Crippen MR) is 121 cm³/mol. The van der Waals surface area contributed by atoms with Gasteiger partial charge in [-0.05, 0) is 49.3 Å². The highest BCUT2D eigenvalue weighted by atomic mass is 16.5. The zero-order valence-electron chi connectivity index (χ0n) is 18.2. The van der Waals surface area contributed by atoms with Gasteiger partial charge in [0.05, 0.1) is 0 Å². The van der Waals surface area contributed by atoms with Crippen molar-refractivity contribution in [2.24, 2.45) is 16.6 Å². The Labute approximate surface area is 180 Å². The van der Waals surface area contributed by atoms with E-state index in [-0.39, 0.29) is 6.61 Å². The lowest BCUT2D eigenvalue weighted by molar-refractivity contribution is -0.119. The summed E-state index contributed by atoms with van der Waals surface area (Å²) in [7, 11) is 1.81. The Hall–Kier alpha value is -2.28. The molecular formula is C23H37N5O2. The minimum Gasteiger partial charge on any atom is -0.484 e. The lowest BCUT2D eigenvalue weighted by Gasteiger charge is -2.36. The first-order valence-corrected chi connectivity index (χ1v) is 11.3. The molecule has 1 aliphatic carbocycles. The smallest absolute Gasteiger partial charge is 0.255 e. The van der Waals surface area contributed by atoms with Crippen LogP contribution < -0.4 is 21.1 Å². The van der Waals surface area contributed by atoms with Crippen LogP contribution in [0.25, 0.3) is 0 Å². The van der Waals surface area contributed by atoms with E-state index in [9.17, 15) is 4.79 Å². The van der Waals surface area contributed by atoms with Crippen LogP contribution >= 0.6 is 0 Å². The molecule has 0 bridgehead atoms. The van der Waals surface area contributed by atoms with Crippen LogP contribution in [-0.2, 0) is 11.3 Å². The number of ether oxygens (including phenoxy) is 1. The molecule has 4 N–H and O–H groups in total. The average molecular weight is 416 g/mol. The van der Waals surface area contributed by atoms with Gasteiger partial charge in [-0.3, -0.25) is 9.79 Å². The summed E-state index contributed by atoms with van der Waals surface area (Å²) in [4.78, 5) is 17.9. The maximum atomic E-state index is 10.9. The van der Waals surface area contributed by atoms with Crippen LogP contribution in [0.15, 0.2) is 29.3 Å². The highest BCUT2D eigenvalue weighted by Gasteiger charge is 2.23. The second-order valence-corrected chi connectivity index (χ2v) is 8.55. The van der Waals surface area contributed by atoms with E-state index in [0.717, 1.165) is 30.3 Å². The summed E-state index contributed by atoms with van der Waals surface area (Å²) in [6, 6.07) is 8.12. The lowest BCUT2D eigenvalue weighted by Crippen LogP contribution is -2.49. The first-order valence-electron chi connectivity index (χ1n) is 11.3. The maximum absolute atomic E-state index is 10.9. The van der Waals surface area contributed by atoms with Crippen molar-refractivity contribution >= 4 is 11.9 Å². The van der Waals surface area contributed by atoms with E-state index in [1.54, 1.807) is 7.05 Å². The normalized spacial score (nSPS) is 19.4. The molecule has 1 saturated heterocycles.